The third-order valence-electron chi connectivity index (χ3n) is 3.55. The first kappa shape index (κ1) is 17.9. The van der Waals surface area contributed by atoms with Gasteiger partial charge >= 0.3 is 11.2 Å². The van der Waals surface area contributed by atoms with Gasteiger partial charge in [-0.05, 0) is 18.5 Å². The van der Waals surface area contributed by atoms with Crippen LogP contribution >= 0.6 is 11.3 Å². The summed E-state index contributed by atoms with van der Waals surface area (Å²) in [6.07, 6.45) is -0.558. The number of aromatic nitrogens is 1. The summed E-state index contributed by atoms with van der Waals surface area (Å²) in [6.45, 7) is 3.66. The molecule has 1 aromatic carbocycles. The Morgan fingerprint density at radius 2 is 2.04 bits per heavy atom. The summed E-state index contributed by atoms with van der Waals surface area (Å²) in [5, 5.41) is 19.3. The molecule has 1 unspecified atom stereocenters. The number of nitrogens with zero attached hydrogens (tertiary/aromatic N) is 4. The highest BCUT2D eigenvalue weighted by atomic mass is 32.1. The Bertz CT molecular complexity index is 834. The zero-order valence-corrected chi connectivity index (χ0v) is 15.2. The Morgan fingerprint density at radius 3 is 2.73 bits per heavy atom. The molecule has 0 saturated carbocycles. The van der Waals surface area contributed by atoms with Gasteiger partial charge in [-0.1, -0.05) is 48.6 Å². The van der Waals surface area contributed by atoms with Gasteiger partial charge in [0.25, 0.3) is 6.17 Å². The molecule has 1 aromatic heterocycles. The van der Waals surface area contributed by atoms with Gasteiger partial charge in [0.2, 0.25) is 5.71 Å². The normalized spacial score (nSPS) is 16.0. The maximum absolute atomic E-state index is 12.5. The van der Waals surface area contributed by atoms with Crippen molar-refractivity contribution in [3.63, 3.8) is 0 Å². The molecule has 1 aliphatic rings. The van der Waals surface area contributed by atoms with Crippen LogP contribution in [0.15, 0.2) is 52.0 Å². The van der Waals surface area contributed by atoms with Gasteiger partial charge in [-0.25, -0.2) is 4.79 Å². The van der Waals surface area contributed by atoms with Crippen molar-refractivity contribution in [3.05, 3.63) is 47.5 Å². The maximum atomic E-state index is 12.5. The van der Waals surface area contributed by atoms with Crippen molar-refractivity contribution in [1.29, 1.82) is 0 Å². The second-order valence-electron chi connectivity index (χ2n) is 5.17. The Kier molecular flexibility index (Phi) is 5.47. The quantitative estimate of drug-likeness (QED) is 0.345. The summed E-state index contributed by atoms with van der Waals surface area (Å²) < 4.78 is 11.7. The van der Waals surface area contributed by atoms with Crippen LogP contribution in [0, 0.1) is 0 Å². The van der Waals surface area contributed by atoms with E-state index < -0.39 is 18.3 Å². The molecular weight excluding hydrogens is 356 g/mol. The number of aliphatic imine (C=N–C) groups is 1. The van der Waals surface area contributed by atoms with Crippen LogP contribution in [0.5, 0.6) is 0 Å². The van der Waals surface area contributed by atoms with Gasteiger partial charge in [0, 0.05) is 10.9 Å². The van der Waals surface area contributed by atoms with E-state index in [1.54, 1.807) is 24.6 Å². The number of hydrogen-bond acceptors (Lipinski definition) is 7. The fraction of sp³-hybridized carbons (Fsp3) is 0.294. The van der Waals surface area contributed by atoms with Crippen LogP contribution < -0.4 is 9.67 Å². The van der Waals surface area contributed by atoms with Crippen LogP contribution in [-0.2, 0) is 9.47 Å². The first-order valence-corrected chi connectivity index (χ1v) is 9.00. The minimum absolute atomic E-state index is 0.152. The molecule has 1 aliphatic heterocycles. The van der Waals surface area contributed by atoms with Gasteiger partial charge < -0.3 is 14.6 Å². The van der Waals surface area contributed by atoms with Crippen molar-refractivity contribution in [2.24, 2.45) is 10.1 Å². The number of carbonyl (C=O) groups is 1. The van der Waals surface area contributed by atoms with Gasteiger partial charge in [-0.15, -0.1) is 10.1 Å². The summed E-state index contributed by atoms with van der Waals surface area (Å²) in [4.78, 5) is 17.1. The van der Waals surface area contributed by atoms with Crippen molar-refractivity contribution in [3.8, 4) is 0 Å². The van der Waals surface area contributed by atoms with Crippen LogP contribution in [0.1, 0.15) is 25.6 Å². The number of thiazole rings is 1. The zero-order chi connectivity index (χ0) is 18.5. The highest BCUT2D eigenvalue weighted by Crippen LogP contribution is 2.30. The van der Waals surface area contributed by atoms with Gasteiger partial charge in [0.05, 0.1) is 6.61 Å². The predicted molar refractivity (Wildman–Crippen MR) is 94.1 cm³/mol. The molecule has 0 fully saturated rings. The lowest BCUT2D eigenvalue weighted by molar-refractivity contribution is -0.702. The molecule has 0 N–H and O–H groups in total. The molecule has 1 amide bonds. The van der Waals surface area contributed by atoms with Crippen molar-refractivity contribution in [2.45, 2.75) is 20.0 Å². The Hall–Kier alpha value is -2.94. The summed E-state index contributed by atoms with van der Waals surface area (Å²) in [5.41, 5.74) is 1.42. The van der Waals surface area contributed by atoms with Crippen molar-refractivity contribution in [2.75, 3.05) is 13.2 Å². The number of amides is 1. The van der Waals surface area contributed by atoms with Crippen molar-refractivity contribution >= 4 is 34.4 Å². The SMILES string of the molecule is CCOC(=O)N(/N=C(\[O-])OCC)C1C(c2ccccc2)=Nc2scc[n+]21. The summed E-state index contributed by atoms with van der Waals surface area (Å²) in [7, 11) is 0. The highest BCUT2D eigenvalue weighted by Gasteiger charge is 2.45. The molecule has 1 atom stereocenters. The van der Waals surface area contributed by atoms with Crippen molar-refractivity contribution < 1.29 is 23.9 Å². The molecule has 0 saturated heterocycles. The Morgan fingerprint density at radius 1 is 1.31 bits per heavy atom. The summed E-state index contributed by atoms with van der Waals surface area (Å²) in [6, 6.07) is 9.42. The number of hydrogen-bond donors (Lipinski definition) is 0. The average Bonchev–Trinajstić information content (AvgIpc) is 3.22. The van der Waals surface area contributed by atoms with Gasteiger partial charge in [0.15, 0.2) is 6.08 Å². The largest absolute Gasteiger partial charge is 0.599 e. The fourth-order valence-electron chi connectivity index (χ4n) is 2.53. The first-order chi connectivity index (χ1) is 12.7. The number of carbonyl (C=O) groups excluding carboxylic acids is 1. The molecule has 0 aliphatic carbocycles. The third-order valence-corrected chi connectivity index (χ3v) is 4.32. The molecule has 2 aromatic rings. The molecule has 0 radical (unpaired) electrons. The number of benzene rings is 1. The summed E-state index contributed by atoms with van der Waals surface area (Å²) in [5.74, 6) is 0. The smallest absolute Gasteiger partial charge is 0.434 e. The minimum atomic E-state index is -0.864. The van der Waals surface area contributed by atoms with Crippen LogP contribution in [-0.4, -0.2) is 36.1 Å². The first-order valence-electron chi connectivity index (χ1n) is 8.12. The minimum Gasteiger partial charge on any atom is -0.599 e. The molecule has 9 heteroatoms. The second kappa shape index (κ2) is 7.96. The Labute approximate surface area is 154 Å². The third kappa shape index (κ3) is 3.52. The molecule has 0 spiro atoms. The summed E-state index contributed by atoms with van der Waals surface area (Å²) >= 11 is 1.42. The lowest BCUT2D eigenvalue weighted by Crippen LogP contribution is -2.51. The van der Waals surface area contributed by atoms with Crippen LogP contribution in [0.3, 0.4) is 0 Å². The van der Waals surface area contributed by atoms with Crippen LogP contribution in [0.25, 0.3) is 0 Å². The molecule has 2 heterocycles. The van der Waals surface area contributed by atoms with E-state index in [0.29, 0.717) is 10.8 Å². The number of rotatable bonds is 5. The molecule has 0 bridgehead atoms. The topological polar surface area (TPSA) is 90.4 Å². The standard InChI is InChI=1S/C17H18N4O4S/c1-3-24-16(22)19-21(17(23)25-4-2)14-13(12-8-6-5-7-9-12)18-15-20(14)10-11-26-15/h5-11,14H,3-4H2,1-2H3. The lowest BCUT2D eigenvalue weighted by Gasteiger charge is -2.23. The van der Waals surface area contributed by atoms with E-state index in [0.717, 1.165) is 10.6 Å². The zero-order valence-electron chi connectivity index (χ0n) is 14.4. The van der Waals surface area contributed by atoms with Gasteiger partial charge in [-0.2, -0.15) is 4.57 Å². The predicted octanol–water partition coefficient (Wildman–Crippen LogP) is 1.79. The maximum Gasteiger partial charge on any atom is 0.434 e. The van der Waals surface area contributed by atoms with E-state index in [1.165, 1.54) is 11.3 Å². The highest BCUT2D eigenvalue weighted by molar-refractivity contribution is 7.13. The molecule has 3 rings (SSSR count). The van der Waals surface area contributed by atoms with Crippen LogP contribution in [0.2, 0.25) is 0 Å². The van der Waals surface area contributed by atoms with E-state index in [1.807, 2.05) is 35.7 Å². The van der Waals surface area contributed by atoms with E-state index >= 15 is 0 Å². The Balaban J connectivity index is 2.06. The van der Waals surface area contributed by atoms with Gasteiger partial charge in [-0.3, -0.25) is 0 Å². The number of fused-ring (bicyclic) bond motifs is 1. The molecule has 8 nitrogen and oxygen atoms in total. The number of ether oxygens (including phenoxy) is 2. The molecular formula is C17H18N4O4S. The van der Waals surface area contributed by atoms with Crippen LogP contribution in [0.4, 0.5) is 9.93 Å². The van der Waals surface area contributed by atoms with E-state index in [2.05, 4.69) is 10.1 Å². The van der Waals surface area contributed by atoms with E-state index in [4.69, 9.17) is 9.47 Å². The molecule has 136 valence electrons. The van der Waals surface area contributed by atoms with E-state index in [9.17, 15) is 9.90 Å². The monoisotopic (exact) mass is 374 g/mol. The van der Waals surface area contributed by atoms with E-state index in [-0.39, 0.29) is 13.2 Å². The van der Waals surface area contributed by atoms with Gasteiger partial charge in [0.1, 0.15) is 6.20 Å². The molecule has 26 heavy (non-hydrogen) atoms. The fourth-order valence-corrected chi connectivity index (χ4v) is 3.27. The lowest BCUT2D eigenvalue weighted by atomic mass is 10.1. The average molecular weight is 374 g/mol. The second-order valence-corrected chi connectivity index (χ2v) is 6.05. The number of hydrazone groups is 1. The van der Waals surface area contributed by atoms with Crippen molar-refractivity contribution in [1.82, 2.24) is 5.01 Å².